The summed E-state index contributed by atoms with van der Waals surface area (Å²) in [6.45, 7) is 4.89. The molecule has 1 aromatic rings. The van der Waals surface area contributed by atoms with E-state index >= 15 is 0 Å². The summed E-state index contributed by atoms with van der Waals surface area (Å²) in [5.41, 5.74) is 0.498. The number of nitrogens with one attached hydrogen (secondary N) is 1. The van der Waals surface area contributed by atoms with Gasteiger partial charge < -0.3 is 5.32 Å². The Bertz CT molecular complexity index is 313. The number of rotatable bonds is 5. The van der Waals surface area contributed by atoms with Crippen LogP contribution in [-0.2, 0) is 0 Å². The summed E-state index contributed by atoms with van der Waals surface area (Å²) in [7, 11) is 0. The highest BCUT2D eigenvalue weighted by Crippen LogP contribution is 2.19. The van der Waals surface area contributed by atoms with Crippen LogP contribution < -0.4 is 5.32 Å². The Balaban J connectivity index is 2.40. The maximum absolute atomic E-state index is 11.5. The molecule has 0 atom stereocenters. The summed E-state index contributed by atoms with van der Waals surface area (Å²) >= 11 is 4.58. The number of hydrogen-bond acceptors (Lipinski definition) is 4. The predicted octanol–water partition coefficient (Wildman–Crippen LogP) is 2.08. The van der Waals surface area contributed by atoms with Crippen molar-refractivity contribution >= 4 is 33.4 Å². The minimum absolute atomic E-state index is 0.0998. The van der Waals surface area contributed by atoms with Gasteiger partial charge >= 0.3 is 0 Å². The van der Waals surface area contributed by atoms with Gasteiger partial charge in [0.15, 0.2) is 5.69 Å². The maximum Gasteiger partial charge on any atom is 0.272 e. The first-order valence-electron chi connectivity index (χ1n) is 4.66. The number of carbonyl (C=O) groups is 1. The summed E-state index contributed by atoms with van der Waals surface area (Å²) in [5, 5.41) is 9.15. The van der Waals surface area contributed by atoms with E-state index in [2.05, 4.69) is 44.7 Å². The third kappa shape index (κ3) is 4.25. The second-order valence-corrected chi connectivity index (χ2v) is 5.48. The highest BCUT2D eigenvalue weighted by molar-refractivity contribution is 9.09. The molecule has 0 aromatic carbocycles. The Hall–Kier alpha value is -0.490. The summed E-state index contributed by atoms with van der Waals surface area (Å²) in [5.74, 6) is -0.147. The first-order chi connectivity index (χ1) is 7.05. The largest absolute Gasteiger partial charge is 0.350 e. The van der Waals surface area contributed by atoms with Crippen molar-refractivity contribution in [2.45, 2.75) is 20.3 Å². The molecule has 0 unspecified atom stereocenters. The second-order valence-electron chi connectivity index (χ2n) is 4.08. The van der Waals surface area contributed by atoms with Crippen molar-refractivity contribution in [1.29, 1.82) is 0 Å². The third-order valence-electron chi connectivity index (χ3n) is 2.09. The normalized spacial score (nSPS) is 11.4. The fourth-order valence-electron chi connectivity index (χ4n) is 1.02. The van der Waals surface area contributed by atoms with Crippen molar-refractivity contribution in [2.75, 3.05) is 11.9 Å². The molecule has 0 fully saturated rings. The topological polar surface area (TPSA) is 54.9 Å². The lowest BCUT2D eigenvalue weighted by Gasteiger charge is -2.23. The molecule has 4 nitrogen and oxygen atoms in total. The molecule has 15 heavy (non-hydrogen) atoms. The number of halogens is 1. The highest BCUT2D eigenvalue weighted by atomic mass is 79.9. The van der Waals surface area contributed by atoms with Crippen LogP contribution in [-0.4, -0.2) is 27.4 Å². The van der Waals surface area contributed by atoms with Crippen LogP contribution in [0.1, 0.15) is 30.8 Å². The average molecular weight is 292 g/mol. The Labute approximate surface area is 102 Å². The third-order valence-corrected chi connectivity index (χ3v) is 2.99. The molecule has 0 aliphatic heterocycles. The molecule has 0 radical (unpaired) electrons. The minimum Gasteiger partial charge on any atom is -0.350 e. The van der Waals surface area contributed by atoms with Gasteiger partial charge in [0.1, 0.15) is 0 Å². The van der Waals surface area contributed by atoms with Crippen LogP contribution in [0.3, 0.4) is 0 Å². The van der Waals surface area contributed by atoms with E-state index in [0.717, 1.165) is 11.8 Å². The van der Waals surface area contributed by atoms with Gasteiger partial charge in [-0.25, -0.2) is 0 Å². The highest BCUT2D eigenvalue weighted by Gasteiger charge is 2.19. The Morgan fingerprint density at radius 1 is 1.67 bits per heavy atom. The fourth-order valence-corrected chi connectivity index (χ4v) is 2.53. The standard InChI is InChI=1S/C9H14BrN3OS/c1-9(2,3-4-10)6-11-8(14)7-5-15-13-12-7/h5H,3-4,6H2,1-2H3,(H,11,14). The van der Waals surface area contributed by atoms with Crippen molar-refractivity contribution in [3.8, 4) is 0 Å². The van der Waals surface area contributed by atoms with Crippen molar-refractivity contribution in [1.82, 2.24) is 14.9 Å². The van der Waals surface area contributed by atoms with E-state index in [9.17, 15) is 4.79 Å². The molecular formula is C9H14BrN3OS. The molecule has 0 bridgehead atoms. The Kier molecular flexibility index (Phi) is 4.66. The van der Waals surface area contributed by atoms with Gasteiger partial charge in [0.05, 0.1) is 0 Å². The van der Waals surface area contributed by atoms with Crippen LogP contribution in [0.2, 0.25) is 0 Å². The van der Waals surface area contributed by atoms with E-state index in [-0.39, 0.29) is 11.3 Å². The van der Waals surface area contributed by atoms with Gasteiger partial charge in [-0.05, 0) is 23.4 Å². The zero-order valence-electron chi connectivity index (χ0n) is 8.79. The number of hydrogen-bond donors (Lipinski definition) is 1. The van der Waals surface area contributed by atoms with E-state index in [1.165, 1.54) is 11.5 Å². The van der Waals surface area contributed by atoms with Gasteiger partial charge in [0.2, 0.25) is 0 Å². The quantitative estimate of drug-likeness (QED) is 0.845. The molecule has 1 heterocycles. The van der Waals surface area contributed by atoms with Gasteiger partial charge in [-0.1, -0.05) is 34.3 Å². The molecule has 1 aromatic heterocycles. The monoisotopic (exact) mass is 291 g/mol. The van der Waals surface area contributed by atoms with Crippen LogP contribution in [0.5, 0.6) is 0 Å². The molecule has 1 amide bonds. The Morgan fingerprint density at radius 3 is 2.93 bits per heavy atom. The van der Waals surface area contributed by atoms with Crippen molar-refractivity contribution in [2.24, 2.45) is 5.41 Å². The summed E-state index contributed by atoms with van der Waals surface area (Å²) in [6.07, 6.45) is 1.02. The van der Waals surface area contributed by atoms with Gasteiger partial charge in [0, 0.05) is 17.3 Å². The van der Waals surface area contributed by atoms with Crippen molar-refractivity contribution in [3.05, 3.63) is 11.1 Å². The smallest absolute Gasteiger partial charge is 0.272 e. The minimum atomic E-state index is -0.147. The lowest BCUT2D eigenvalue weighted by Crippen LogP contribution is -2.34. The van der Waals surface area contributed by atoms with E-state index < -0.39 is 0 Å². The molecule has 0 aliphatic carbocycles. The molecular weight excluding hydrogens is 278 g/mol. The zero-order valence-corrected chi connectivity index (χ0v) is 11.2. The summed E-state index contributed by atoms with van der Waals surface area (Å²) in [6, 6.07) is 0. The summed E-state index contributed by atoms with van der Waals surface area (Å²) in [4.78, 5) is 11.5. The SMILES string of the molecule is CC(C)(CCBr)CNC(=O)c1csnn1. The molecule has 0 saturated carbocycles. The number of aromatic nitrogens is 2. The second kappa shape index (κ2) is 5.55. The van der Waals surface area contributed by atoms with E-state index in [0.29, 0.717) is 12.2 Å². The molecule has 84 valence electrons. The van der Waals surface area contributed by atoms with Gasteiger partial charge in [0.25, 0.3) is 5.91 Å². The van der Waals surface area contributed by atoms with Crippen LogP contribution >= 0.6 is 27.5 Å². The van der Waals surface area contributed by atoms with E-state index in [4.69, 9.17) is 0 Å². The lowest BCUT2D eigenvalue weighted by molar-refractivity contribution is 0.0931. The average Bonchev–Trinajstić information content (AvgIpc) is 2.67. The molecule has 0 aliphatic rings. The first-order valence-corrected chi connectivity index (χ1v) is 6.62. The van der Waals surface area contributed by atoms with E-state index in [1.54, 1.807) is 5.38 Å². The number of amides is 1. The van der Waals surface area contributed by atoms with Crippen LogP contribution in [0.4, 0.5) is 0 Å². The number of carbonyl (C=O) groups excluding carboxylic acids is 1. The Morgan fingerprint density at radius 2 is 2.40 bits per heavy atom. The molecule has 1 N–H and O–H groups in total. The number of alkyl halides is 1. The predicted molar refractivity (Wildman–Crippen MR) is 64.4 cm³/mol. The van der Waals surface area contributed by atoms with Gasteiger partial charge in [-0.2, -0.15) is 0 Å². The van der Waals surface area contributed by atoms with E-state index in [1.807, 2.05) is 0 Å². The lowest BCUT2D eigenvalue weighted by atomic mass is 9.90. The first kappa shape index (κ1) is 12.6. The van der Waals surface area contributed by atoms with Crippen molar-refractivity contribution < 1.29 is 4.79 Å². The van der Waals surface area contributed by atoms with Gasteiger partial charge in [-0.15, -0.1) is 5.10 Å². The van der Waals surface area contributed by atoms with Crippen LogP contribution in [0.15, 0.2) is 5.38 Å². The molecule has 0 saturated heterocycles. The zero-order chi connectivity index (χ0) is 11.3. The van der Waals surface area contributed by atoms with Gasteiger partial charge in [-0.3, -0.25) is 4.79 Å². The fraction of sp³-hybridized carbons (Fsp3) is 0.667. The van der Waals surface area contributed by atoms with Crippen LogP contribution in [0, 0.1) is 5.41 Å². The number of nitrogens with zero attached hydrogens (tertiary/aromatic N) is 2. The summed E-state index contributed by atoms with van der Waals surface area (Å²) < 4.78 is 3.65. The molecule has 1 rings (SSSR count). The molecule has 0 spiro atoms. The van der Waals surface area contributed by atoms with Crippen molar-refractivity contribution in [3.63, 3.8) is 0 Å². The van der Waals surface area contributed by atoms with Crippen LogP contribution in [0.25, 0.3) is 0 Å². The molecule has 6 heteroatoms. The maximum atomic E-state index is 11.5.